The molecule has 0 radical (unpaired) electrons. The summed E-state index contributed by atoms with van der Waals surface area (Å²) in [6, 6.07) is 4.49. The Hall–Kier alpha value is -1.97. The van der Waals surface area contributed by atoms with Gasteiger partial charge in [0.1, 0.15) is 0 Å². The maximum atomic E-state index is 11.9. The summed E-state index contributed by atoms with van der Waals surface area (Å²) >= 11 is 0. The molecule has 0 aliphatic carbocycles. The summed E-state index contributed by atoms with van der Waals surface area (Å²) in [6.45, 7) is 2.98. The lowest BCUT2D eigenvalue weighted by Crippen LogP contribution is -2.21. The number of nitrogens with one attached hydrogen (secondary N) is 1. The first-order chi connectivity index (χ1) is 17.1. The van der Waals surface area contributed by atoms with Gasteiger partial charge >= 0.3 is 0 Å². The number of amides is 1. The fraction of sp³-hybridized carbons (Fsp3) is 0.710. The van der Waals surface area contributed by atoms with Crippen LogP contribution in [-0.2, 0) is 4.79 Å². The minimum absolute atomic E-state index is 0.129. The van der Waals surface area contributed by atoms with E-state index in [2.05, 4.69) is 12.2 Å². The first-order valence-electron chi connectivity index (χ1n) is 14.6. The lowest BCUT2D eigenvalue weighted by Gasteiger charge is -2.04. The lowest BCUT2D eigenvalue weighted by atomic mass is 10.0. The molecule has 0 heterocycles. The average molecular weight is 488 g/mol. The van der Waals surface area contributed by atoms with E-state index < -0.39 is 0 Å². The minimum Gasteiger partial charge on any atom is -0.504 e. The number of benzene rings is 1. The Balaban J connectivity index is 1.79. The highest BCUT2D eigenvalue weighted by Crippen LogP contribution is 2.25. The summed E-state index contributed by atoms with van der Waals surface area (Å²) in [5.74, 6) is -0.474. The largest absolute Gasteiger partial charge is 0.504 e. The zero-order valence-corrected chi connectivity index (χ0v) is 22.5. The number of rotatable bonds is 23. The van der Waals surface area contributed by atoms with Crippen molar-refractivity contribution in [3.63, 3.8) is 0 Å². The number of phenols is 2. The van der Waals surface area contributed by atoms with Crippen molar-refractivity contribution in [1.82, 2.24) is 5.32 Å². The van der Waals surface area contributed by atoms with Crippen LogP contribution in [0, 0.1) is 0 Å². The summed E-state index contributed by atoms with van der Waals surface area (Å²) in [7, 11) is 0. The molecule has 1 aromatic carbocycles. The summed E-state index contributed by atoms with van der Waals surface area (Å²) in [6.07, 6.45) is 30.5. The van der Waals surface area contributed by atoms with E-state index in [4.69, 9.17) is 0 Å². The molecule has 0 bridgehead atoms. The summed E-state index contributed by atoms with van der Waals surface area (Å²) in [5, 5.41) is 21.7. The number of carbonyl (C=O) groups is 1. The van der Waals surface area contributed by atoms with Gasteiger partial charge in [0, 0.05) is 12.6 Å². The third kappa shape index (κ3) is 19.0. The van der Waals surface area contributed by atoms with Gasteiger partial charge in [-0.15, -0.1) is 0 Å². The van der Waals surface area contributed by atoms with Gasteiger partial charge in [0.15, 0.2) is 11.5 Å². The van der Waals surface area contributed by atoms with E-state index in [0.717, 1.165) is 12.8 Å². The van der Waals surface area contributed by atoms with Crippen LogP contribution in [0.15, 0.2) is 24.3 Å². The van der Waals surface area contributed by atoms with Crippen LogP contribution >= 0.6 is 0 Å². The highest BCUT2D eigenvalue weighted by atomic mass is 16.3. The molecule has 3 N–H and O–H groups in total. The summed E-state index contributed by atoms with van der Waals surface area (Å²) in [4.78, 5) is 11.9. The quantitative estimate of drug-likeness (QED) is 0.0819. The second-order valence-electron chi connectivity index (χ2n) is 10.1. The maximum absolute atomic E-state index is 11.9. The van der Waals surface area contributed by atoms with Crippen molar-refractivity contribution in [3.05, 3.63) is 29.8 Å². The molecule has 0 saturated carbocycles. The smallest absolute Gasteiger partial charge is 0.243 e. The number of aromatic hydroxyl groups is 2. The molecule has 0 spiro atoms. The standard InChI is InChI=1S/C31H53NO3/c1-2-3-4-5-6-7-8-9-10-11-12-13-14-15-16-17-18-19-20-21-26-32-31(35)25-23-28-22-24-29(33)30(34)27-28/h22-25,27,33-34H,2-21,26H2,1H3,(H,32,35). The molecule has 0 fully saturated rings. The molecule has 35 heavy (non-hydrogen) atoms. The van der Waals surface area contributed by atoms with Crippen molar-refractivity contribution >= 4 is 12.0 Å². The molecular weight excluding hydrogens is 434 g/mol. The second-order valence-corrected chi connectivity index (χ2v) is 10.1. The minimum atomic E-state index is -0.183. The van der Waals surface area contributed by atoms with Crippen molar-refractivity contribution in [3.8, 4) is 11.5 Å². The molecule has 1 aromatic rings. The molecule has 4 nitrogen and oxygen atoms in total. The average Bonchev–Trinajstić information content (AvgIpc) is 2.85. The summed E-state index contributed by atoms with van der Waals surface area (Å²) in [5.41, 5.74) is 0.675. The molecule has 0 aromatic heterocycles. The van der Waals surface area contributed by atoms with Gasteiger partial charge in [0.05, 0.1) is 0 Å². The molecule has 1 amide bonds. The van der Waals surface area contributed by atoms with Gasteiger partial charge < -0.3 is 15.5 Å². The van der Waals surface area contributed by atoms with Crippen LogP contribution in [0.4, 0.5) is 0 Å². The van der Waals surface area contributed by atoms with Crippen LogP contribution in [0.3, 0.4) is 0 Å². The first-order valence-corrected chi connectivity index (χ1v) is 14.6. The fourth-order valence-electron chi connectivity index (χ4n) is 4.47. The molecule has 200 valence electrons. The Labute approximate surface area is 215 Å². The van der Waals surface area contributed by atoms with Crippen LogP contribution in [0.25, 0.3) is 6.08 Å². The molecule has 1 rings (SSSR count). The highest BCUT2D eigenvalue weighted by Gasteiger charge is 2.00. The van der Waals surface area contributed by atoms with Crippen LogP contribution in [0.1, 0.15) is 141 Å². The van der Waals surface area contributed by atoms with Crippen LogP contribution in [-0.4, -0.2) is 22.7 Å². The van der Waals surface area contributed by atoms with Gasteiger partial charge in [-0.3, -0.25) is 4.79 Å². The maximum Gasteiger partial charge on any atom is 0.243 e. The SMILES string of the molecule is CCCCCCCCCCCCCCCCCCCCCCNC(=O)C=Cc1ccc(O)c(O)c1. The Morgan fingerprint density at radius 2 is 1.09 bits per heavy atom. The number of carbonyl (C=O) groups excluding carboxylic acids is 1. The first kappa shape index (κ1) is 31.1. The highest BCUT2D eigenvalue weighted by molar-refractivity contribution is 5.91. The van der Waals surface area contributed by atoms with Gasteiger partial charge in [-0.25, -0.2) is 0 Å². The zero-order valence-electron chi connectivity index (χ0n) is 22.5. The second kappa shape index (κ2) is 22.5. The Morgan fingerprint density at radius 3 is 1.51 bits per heavy atom. The van der Waals surface area contributed by atoms with E-state index in [1.807, 2.05) is 0 Å². The van der Waals surface area contributed by atoms with E-state index in [1.54, 1.807) is 12.1 Å². The number of unbranched alkanes of at least 4 members (excludes halogenated alkanes) is 19. The molecule has 0 aliphatic heterocycles. The van der Waals surface area contributed by atoms with E-state index in [-0.39, 0.29) is 17.4 Å². The number of hydrogen-bond acceptors (Lipinski definition) is 3. The van der Waals surface area contributed by atoms with Gasteiger partial charge in [0.2, 0.25) is 5.91 Å². The van der Waals surface area contributed by atoms with Crippen molar-refractivity contribution in [2.75, 3.05) is 6.54 Å². The van der Waals surface area contributed by atoms with E-state index in [9.17, 15) is 15.0 Å². The van der Waals surface area contributed by atoms with Crippen LogP contribution in [0.2, 0.25) is 0 Å². The Kier molecular flexibility index (Phi) is 20.0. The molecule has 0 unspecified atom stereocenters. The van der Waals surface area contributed by atoms with E-state index >= 15 is 0 Å². The Bertz CT molecular complexity index is 671. The monoisotopic (exact) mass is 487 g/mol. The fourth-order valence-corrected chi connectivity index (χ4v) is 4.47. The number of hydrogen-bond donors (Lipinski definition) is 3. The normalized spacial score (nSPS) is 11.3. The van der Waals surface area contributed by atoms with E-state index in [0.29, 0.717) is 12.1 Å². The molecule has 0 aliphatic rings. The van der Waals surface area contributed by atoms with Gasteiger partial charge in [-0.1, -0.05) is 135 Å². The van der Waals surface area contributed by atoms with Crippen molar-refractivity contribution in [2.24, 2.45) is 0 Å². The van der Waals surface area contributed by atoms with Gasteiger partial charge in [0.25, 0.3) is 0 Å². The van der Waals surface area contributed by atoms with Crippen LogP contribution < -0.4 is 5.32 Å². The third-order valence-corrected chi connectivity index (χ3v) is 6.76. The topological polar surface area (TPSA) is 69.6 Å². The van der Waals surface area contributed by atoms with Crippen molar-refractivity contribution < 1.29 is 15.0 Å². The van der Waals surface area contributed by atoms with Crippen molar-refractivity contribution in [2.45, 2.75) is 135 Å². The predicted molar refractivity (Wildman–Crippen MR) is 150 cm³/mol. The van der Waals surface area contributed by atoms with Crippen LogP contribution in [0.5, 0.6) is 11.5 Å². The third-order valence-electron chi connectivity index (χ3n) is 6.76. The molecular formula is C31H53NO3. The summed E-state index contributed by atoms with van der Waals surface area (Å²) < 4.78 is 0. The zero-order chi connectivity index (χ0) is 25.4. The Morgan fingerprint density at radius 1 is 0.657 bits per heavy atom. The van der Waals surface area contributed by atoms with Gasteiger partial charge in [-0.05, 0) is 30.2 Å². The van der Waals surface area contributed by atoms with Crippen molar-refractivity contribution in [1.29, 1.82) is 0 Å². The van der Waals surface area contributed by atoms with Gasteiger partial charge in [-0.2, -0.15) is 0 Å². The molecule has 0 saturated heterocycles. The molecule has 4 heteroatoms. The lowest BCUT2D eigenvalue weighted by molar-refractivity contribution is -0.116. The number of phenolic OH excluding ortho intramolecular Hbond substituents is 2. The van der Waals surface area contributed by atoms with E-state index in [1.165, 1.54) is 134 Å². The molecule has 0 atom stereocenters. The predicted octanol–water partition coefficient (Wildman–Crippen LogP) is 9.05.